The minimum absolute atomic E-state index is 0.0479. The maximum absolute atomic E-state index is 12.9. The van der Waals surface area contributed by atoms with Crippen LogP contribution in [-0.2, 0) is 12.0 Å². The minimum atomic E-state index is 0.0479. The zero-order chi connectivity index (χ0) is 19.9. The second kappa shape index (κ2) is 5.62. The van der Waals surface area contributed by atoms with E-state index < -0.39 is 0 Å². The average Bonchev–Trinajstić information content (AvgIpc) is 3.40. The standard InChI is InChI=1S/C24H25N5O/c30-22(26-24-11-16(12-24)13-24)28-7-5-23(15-28)6-8-29-21(23)10-20(27-29)18-9-17-3-1-2-4-19(17)25-14-18/h1-4,9-10,14,16H,5-8,11-13,15H2,(H,26,30). The number of nitrogens with one attached hydrogen (secondary N) is 1. The first kappa shape index (κ1) is 16.9. The van der Waals surface area contributed by atoms with Gasteiger partial charge < -0.3 is 10.2 Å². The van der Waals surface area contributed by atoms with Crippen LogP contribution in [0.1, 0.15) is 37.8 Å². The summed E-state index contributed by atoms with van der Waals surface area (Å²) in [4.78, 5) is 19.5. The lowest BCUT2D eigenvalue weighted by atomic mass is 9.50. The lowest BCUT2D eigenvalue weighted by Crippen LogP contribution is -2.69. The molecule has 2 aromatic heterocycles. The van der Waals surface area contributed by atoms with E-state index in [1.54, 1.807) is 0 Å². The molecule has 3 aliphatic carbocycles. The Labute approximate surface area is 175 Å². The van der Waals surface area contributed by atoms with Crippen molar-refractivity contribution in [2.45, 2.75) is 49.6 Å². The second-order valence-corrected chi connectivity index (χ2v) is 9.95. The molecule has 8 rings (SSSR count). The van der Waals surface area contributed by atoms with Crippen LogP contribution in [0, 0.1) is 5.92 Å². The van der Waals surface area contributed by atoms with Gasteiger partial charge in [-0.15, -0.1) is 0 Å². The van der Waals surface area contributed by atoms with Gasteiger partial charge in [0.25, 0.3) is 0 Å². The fourth-order valence-corrected chi connectivity index (χ4v) is 6.21. The summed E-state index contributed by atoms with van der Waals surface area (Å²) in [6.07, 6.45) is 7.58. The first-order chi connectivity index (χ1) is 14.6. The molecule has 6 nitrogen and oxygen atoms in total. The Morgan fingerprint density at radius 2 is 1.93 bits per heavy atom. The van der Waals surface area contributed by atoms with E-state index in [2.05, 4.69) is 33.2 Å². The normalized spacial score (nSPS) is 30.9. The van der Waals surface area contributed by atoms with Crippen molar-refractivity contribution in [3.63, 3.8) is 0 Å². The molecule has 30 heavy (non-hydrogen) atoms. The Hall–Kier alpha value is -2.89. The zero-order valence-electron chi connectivity index (χ0n) is 17.0. The number of para-hydroxylation sites is 1. The van der Waals surface area contributed by atoms with Crippen molar-refractivity contribution in [3.05, 3.63) is 48.3 Å². The van der Waals surface area contributed by atoms with Gasteiger partial charge in [0.05, 0.1) is 11.2 Å². The van der Waals surface area contributed by atoms with E-state index in [-0.39, 0.29) is 17.0 Å². The molecule has 1 unspecified atom stereocenters. The van der Waals surface area contributed by atoms with Crippen molar-refractivity contribution >= 4 is 16.9 Å². The quantitative estimate of drug-likeness (QED) is 0.715. The predicted molar refractivity (Wildman–Crippen MR) is 114 cm³/mol. The number of urea groups is 1. The molecule has 2 aliphatic heterocycles. The number of carbonyl (C=O) groups is 1. The molecule has 2 bridgehead atoms. The summed E-state index contributed by atoms with van der Waals surface area (Å²) < 4.78 is 2.16. The lowest BCUT2D eigenvalue weighted by molar-refractivity contribution is -0.0429. The topological polar surface area (TPSA) is 63.1 Å². The smallest absolute Gasteiger partial charge is 0.317 e. The summed E-state index contributed by atoms with van der Waals surface area (Å²) in [6, 6.07) is 12.7. The Morgan fingerprint density at radius 1 is 1.10 bits per heavy atom. The molecule has 4 fully saturated rings. The maximum Gasteiger partial charge on any atom is 0.317 e. The molecule has 0 radical (unpaired) electrons. The number of pyridine rings is 1. The van der Waals surface area contributed by atoms with E-state index in [4.69, 9.17) is 5.10 Å². The molecule has 5 aliphatic rings. The number of rotatable bonds is 2. The average molecular weight is 399 g/mol. The fourth-order valence-electron chi connectivity index (χ4n) is 6.21. The lowest BCUT2D eigenvalue weighted by Gasteiger charge is -2.62. The van der Waals surface area contributed by atoms with Crippen LogP contribution in [0.15, 0.2) is 42.6 Å². The molecule has 2 amide bonds. The number of hydrogen-bond acceptors (Lipinski definition) is 3. The minimum Gasteiger partial charge on any atom is -0.333 e. The van der Waals surface area contributed by atoms with Crippen LogP contribution >= 0.6 is 0 Å². The molecule has 1 atom stereocenters. The van der Waals surface area contributed by atoms with E-state index in [1.165, 1.54) is 25.0 Å². The van der Waals surface area contributed by atoms with Crippen LogP contribution in [0.2, 0.25) is 0 Å². The van der Waals surface area contributed by atoms with Crippen molar-refractivity contribution < 1.29 is 4.79 Å². The fraction of sp³-hybridized carbons (Fsp3) is 0.458. The van der Waals surface area contributed by atoms with E-state index in [0.29, 0.717) is 0 Å². The van der Waals surface area contributed by atoms with Gasteiger partial charge in [0.1, 0.15) is 0 Å². The van der Waals surface area contributed by atoms with Gasteiger partial charge in [-0.1, -0.05) is 18.2 Å². The summed E-state index contributed by atoms with van der Waals surface area (Å²) >= 11 is 0. The number of aromatic nitrogens is 3. The van der Waals surface area contributed by atoms with Crippen molar-refractivity contribution in [2.75, 3.05) is 13.1 Å². The number of fused-ring (bicyclic) bond motifs is 3. The largest absolute Gasteiger partial charge is 0.333 e. The summed E-state index contributed by atoms with van der Waals surface area (Å²) in [7, 11) is 0. The molecule has 152 valence electrons. The summed E-state index contributed by atoms with van der Waals surface area (Å²) in [5.41, 5.74) is 4.52. The molecule has 3 aromatic rings. The van der Waals surface area contributed by atoms with Crippen molar-refractivity contribution in [1.29, 1.82) is 0 Å². The van der Waals surface area contributed by atoms with Gasteiger partial charge in [-0.25, -0.2) is 4.79 Å². The monoisotopic (exact) mass is 399 g/mol. The SMILES string of the molecule is O=C(NC12CC(C1)C2)N1CCC2(CCn3nc(-c4cnc5ccccc5c4)cc32)C1. The van der Waals surface area contributed by atoms with Crippen molar-refractivity contribution in [3.8, 4) is 11.3 Å². The highest BCUT2D eigenvalue weighted by Gasteiger charge is 2.58. The number of carbonyl (C=O) groups excluding carboxylic acids is 1. The zero-order valence-corrected chi connectivity index (χ0v) is 17.0. The van der Waals surface area contributed by atoms with Crippen LogP contribution < -0.4 is 5.32 Å². The number of benzene rings is 1. The third kappa shape index (κ3) is 2.27. The molecule has 1 N–H and O–H groups in total. The van der Waals surface area contributed by atoms with Crippen LogP contribution in [0.3, 0.4) is 0 Å². The summed E-state index contributed by atoms with van der Waals surface area (Å²) in [5, 5.41) is 9.37. The van der Waals surface area contributed by atoms with E-state index >= 15 is 0 Å². The molecule has 4 heterocycles. The molecular weight excluding hydrogens is 374 g/mol. The van der Waals surface area contributed by atoms with E-state index in [9.17, 15) is 4.79 Å². The highest BCUT2D eigenvalue weighted by Crippen LogP contribution is 2.57. The first-order valence-electron chi connectivity index (χ1n) is 11.1. The second-order valence-electron chi connectivity index (χ2n) is 9.95. The van der Waals surface area contributed by atoms with Crippen LogP contribution in [0.25, 0.3) is 22.2 Å². The Balaban J connectivity index is 1.15. The van der Waals surface area contributed by atoms with E-state index in [0.717, 1.165) is 60.6 Å². The highest BCUT2D eigenvalue weighted by molar-refractivity contribution is 5.83. The molecule has 1 saturated heterocycles. The van der Waals surface area contributed by atoms with Gasteiger partial charge >= 0.3 is 6.03 Å². The number of amides is 2. The Morgan fingerprint density at radius 3 is 2.77 bits per heavy atom. The molecule has 1 spiro atoms. The Bertz CT molecular complexity index is 1180. The van der Waals surface area contributed by atoms with Crippen molar-refractivity contribution in [1.82, 2.24) is 25.0 Å². The van der Waals surface area contributed by atoms with Crippen LogP contribution in [0.4, 0.5) is 4.79 Å². The molecular formula is C24H25N5O. The van der Waals surface area contributed by atoms with Gasteiger partial charge in [0.2, 0.25) is 0 Å². The third-order valence-corrected chi connectivity index (χ3v) is 8.06. The third-order valence-electron chi connectivity index (χ3n) is 8.06. The molecule has 6 heteroatoms. The van der Waals surface area contributed by atoms with Gasteiger partial charge in [-0.2, -0.15) is 5.10 Å². The van der Waals surface area contributed by atoms with E-state index in [1.807, 2.05) is 29.3 Å². The number of nitrogens with zero attached hydrogens (tertiary/aromatic N) is 4. The summed E-state index contributed by atoms with van der Waals surface area (Å²) in [5.74, 6) is 0.877. The van der Waals surface area contributed by atoms with Gasteiger partial charge in [-0.05, 0) is 56.2 Å². The van der Waals surface area contributed by atoms with Crippen LogP contribution in [-0.4, -0.2) is 44.3 Å². The van der Waals surface area contributed by atoms with Gasteiger partial charge in [-0.3, -0.25) is 9.67 Å². The highest BCUT2D eigenvalue weighted by atomic mass is 16.2. The number of hydrogen-bond donors (Lipinski definition) is 1. The first-order valence-corrected chi connectivity index (χ1v) is 11.1. The van der Waals surface area contributed by atoms with Gasteiger partial charge in [0, 0.05) is 53.4 Å². The van der Waals surface area contributed by atoms with Crippen LogP contribution in [0.5, 0.6) is 0 Å². The molecule has 1 aromatic carbocycles. The Kier molecular flexibility index (Phi) is 3.16. The summed E-state index contributed by atoms with van der Waals surface area (Å²) in [6.45, 7) is 2.57. The molecule has 3 saturated carbocycles. The predicted octanol–water partition coefficient (Wildman–Crippen LogP) is 3.71. The van der Waals surface area contributed by atoms with Crippen molar-refractivity contribution in [2.24, 2.45) is 5.92 Å². The number of aryl methyl sites for hydroxylation is 1. The number of likely N-dealkylation sites (tertiary alicyclic amines) is 1. The maximum atomic E-state index is 12.9. The van der Waals surface area contributed by atoms with Gasteiger partial charge in [0.15, 0.2) is 0 Å².